The molecule has 4 rings (SSSR count). The van der Waals surface area contributed by atoms with E-state index >= 15 is 0 Å². The van der Waals surface area contributed by atoms with Gasteiger partial charge in [-0.05, 0) is 84.9 Å². The Bertz CT molecular complexity index is 1030. The minimum atomic E-state index is 0.255. The van der Waals surface area contributed by atoms with Crippen molar-refractivity contribution in [3.8, 4) is 28.4 Å². The lowest BCUT2D eigenvalue weighted by molar-refractivity contribution is 0.321. The first-order chi connectivity index (χ1) is 15.7. The minimum Gasteiger partial charge on any atom is -0.508 e. The third-order valence-electron chi connectivity index (χ3n) is 5.98. The zero-order valence-electron chi connectivity index (χ0n) is 18.7. The number of hydrogen-bond donors (Lipinski definition) is 2. The third kappa shape index (κ3) is 5.42. The van der Waals surface area contributed by atoms with Crippen molar-refractivity contribution in [3.63, 3.8) is 0 Å². The van der Waals surface area contributed by atoms with Crippen LogP contribution in [0, 0.1) is 0 Å². The van der Waals surface area contributed by atoms with E-state index in [2.05, 4.69) is 23.1 Å². The first-order valence-corrected chi connectivity index (χ1v) is 11.3. The molecular formula is C27H32N2O3. The standard InChI is InChI=1S/C27H32N2O3/c1-31-27-17-20(4-5-23(27)19-29-13-2-3-14-29)16-22-6-9-24(30)18-26(22)21-7-10-25(11-8-21)32-15-12-28/h4-11,17-18,30H,2-3,12-16,19,28H2,1H3. The Morgan fingerprint density at radius 2 is 1.69 bits per heavy atom. The number of ether oxygens (including phenoxy) is 2. The van der Waals surface area contributed by atoms with Gasteiger partial charge < -0.3 is 20.3 Å². The quantitative estimate of drug-likeness (QED) is 0.518. The lowest BCUT2D eigenvalue weighted by Gasteiger charge is -2.18. The topological polar surface area (TPSA) is 67.9 Å². The monoisotopic (exact) mass is 432 g/mol. The molecule has 3 N–H and O–H groups in total. The van der Waals surface area contributed by atoms with Crippen LogP contribution in [0.15, 0.2) is 60.7 Å². The number of likely N-dealkylation sites (tertiary alicyclic amines) is 1. The first kappa shape index (κ1) is 22.2. The fourth-order valence-corrected chi connectivity index (χ4v) is 4.33. The van der Waals surface area contributed by atoms with Crippen molar-refractivity contribution in [1.82, 2.24) is 4.90 Å². The highest BCUT2D eigenvalue weighted by atomic mass is 16.5. The predicted octanol–water partition coefficient (Wildman–Crippen LogP) is 4.59. The second-order valence-electron chi connectivity index (χ2n) is 8.31. The van der Waals surface area contributed by atoms with E-state index in [1.54, 1.807) is 13.2 Å². The zero-order chi connectivity index (χ0) is 22.3. The second kappa shape index (κ2) is 10.5. The van der Waals surface area contributed by atoms with Gasteiger partial charge in [0.1, 0.15) is 23.9 Å². The SMILES string of the molecule is COc1cc(Cc2ccc(O)cc2-c2ccc(OCCN)cc2)ccc1CN1CCCC1. The Kier molecular flexibility index (Phi) is 7.30. The Morgan fingerprint density at radius 3 is 2.41 bits per heavy atom. The fraction of sp³-hybridized carbons (Fsp3) is 0.333. The fourth-order valence-electron chi connectivity index (χ4n) is 4.33. The van der Waals surface area contributed by atoms with E-state index in [-0.39, 0.29) is 5.75 Å². The molecule has 1 heterocycles. The maximum Gasteiger partial charge on any atom is 0.123 e. The summed E-state index contributed by atoms with van der Waals surface area (Å²) in [5, 5.41) is 10.1. The Morgan fingerprint density at radius 1 is 0.938 bits per heavy atom. The van der Waals surface area contributed by atoms with Crippen molar-refractivity contribution in [2.24, 2.45) is 5.73 Å². The molecule has 0 amide bonds. The number of rotatable bonds is 9. The van der Waals surface area contributed by atoms with Crippen LogP contribution in [-0.2, 0) is 13.0 Å². The normalized spacial score (nSPS) is 13.9. The summed E-state index contributed by atoms with van der Waals surface area (Å²) < 4.78 is 11.3. The molecule has 0 aliphatic carbocycles. The van der Waals surface area contributed by atoms with Gasteiger partial charge in [-0.25, -0.2) is 0 Å². The zero-order valence-corrected chi connectivity index (χ0v) is 18.7. The van der Waals surface area contributed by atoms with Gasteiger partial charge >= 0.3 is 0 Å². The number of hydrogen-bond acceptors (Lipinski definition) is 5. The molecule has 0 atom stereocenters. The van der Waals surface area contributed by atoms with Crippen molar-refractivity contribution < 1.29 is 14.6 Å². The van der Waals surface area contributed by atoms with E-state index < -0.39 is 0 Å². The molecule has 32 heavy (non-hydrogen) atoms. The van der Waals surface area contributed by atoms with Crippen LogP contribution in [0.2, 0.25) is 0 Å². The van der Waals surface area contributed by atoms with Crippen molar-refractivity contribution in [1.29, 1.82) is 0 Å². The number of methoxy groups -OCH3 is 1. The molecular weight excluding hydrogens is 400 g/mol. The summed E-state index contributed by atoms with van der Waals surface area (Å²) in [5.41, 5.74) is 11.1. The van der Waals surface area contributed by atoms with E-state index in [0.717, 1.165) is 54.2 Å². The molecule has 168 valence electrons. The maximum atomic E-state index is 10.1. The molecule has 1 aliphatic heterocycles. The van der Waals surface area contributed by atoms with Gasteiger partial charge in [0.05, 0.1) is 7.11 Å². The Labute approximate surface area is 190 Å². The summed E-state index contributed by atoms with van der Waals surface area (Å²) >= 11 is 0. The first-order valence-electron chi connectivity index (χ1n) is 11.3. The molecule has 3 aromatic rings. The Balaban J connectivity index is 1.56. The lowest BCUT2D eigenvalue weighted by Crippen LogP contribution is -2.18. The van der Waals surface area contributed by atoms with Gasteiger partial charge in [-0.1, -0.05) is 30.3 Å². The third-order valence-corrected chi connectivity index (χ3v) is 5.98. The molecule has 0 bridgehead atoms. The molecule has 0 unspecified atom stereocenters. The average Bonchev–Trinajstić information content (AvgIpc) is 3.33. The van der Waals surface area contributed by atoms with Crippen molar-refractivity contribution in [3.05, 3.63) is 77.4 Å². The van der Waals surface area contributed by atoms with Crippen LogP contribution in [0.3, 0.4) is 0 Å². The highest BCUT2D eigenvalue weighted by molar-refractivity contribution is 5.70. The molecule has 1 saturated heterocycles. The summed E-state index contributed by atoms with van der Waals surface area (Å²) in [6, 6.07) is 20.0. The molecule has 5 nitrogen and oxygen atoms in total. The minimum absolute atomic E-state index is 0.255. The molecule has 0 spiro atoms. The van der Waals surface area contributed by atoms with E-state index in [9.17, 15) is 5.11 Å². The number of phenols is 1. The van der Waals surface area contributed by atoms with Gasteiger partial charge in [-0.3, -0.25) is 4.90 Å². The van der Waals surface area contributed by atoms with E-state index in [0.29, 0.717) is 13.2 Å². The maximum absolute atomic E-state index is 10.1. The summed E-state index contributed by atoms with van der Waals surface area (Å²) in [6.45, 7) is 4.24. The summed E-state index contributed by atoms with van der Waals surface area (Å²) in [7, 11) is 1.74. The van der Waals surface area contributed by atoms with Gasteiger partial charge in [-0.15, -0.1) is 0 Å². The molecule has 0 saturated carbocycles. The van der Waals surface area contributed by atoms with Crippen LogP contribution in [0.25, 0.3) is 11.1 Å². The van der Waals surface area contributed by atoms with Crippen LogP contribution in [0.4, 0.5) is 0 Å². The molecule has 3 aromatic carbocycles. The van der Waals surface area contributed by atoms with Gasteiger partial charge in [0.15, 0.2) is 0 Å². The van der Waals surface area contributed by atoms with Crippen LogP contribution in [-0.4, -0.2) is 43.4 Å². The molecule has 0 aromatic heterocycles. The van der Waals surface area contributed by atoms with Crippen molar-refractivity contribution in [2.45, 2.75) is 25.8 Å². The summed E-state index contributed by atoms with van der Waals surface area (Å²) in [5.74, 6) is 1.99. The van der Waals surface area contributed by atoms with Crippen molar-refractivity contribution in [2.75, 3.05) is 33.4 Å². The summed E-state index contributed by atoms with van der Waals surface area (Å²) in [6.07, 6.45) is 3.32. The predicted molar refractivity (Wildman–Crippen MR) is 128 cm³/mol. The van der Waals surface area contributed by atoms with E-state index in [1.807, 2.05) is 36.4 Å². The number of nitrogens with two attached hydrogens (primary N) is 1. The lowest BCUT2D eigenvalue weighted by atomic mass is 9.94. The highest BCUT2D eigenvalue weighted by Crippen LogP contribution is 2.32. The highest BCUT2D eigenvalue weighted by Gasteiger charge is 2.15. The van der Waals surface area contributed by atoms with Crippen LogP contribution in [0.1, 0.15) is 29.5 Å². The van der Waals surface area contributed by atoms with Crippen molar-refractivity contribution >= 4 is 0 Å². The number of nitrogens with zero attached hydrogens (tertiary/aromatic N) is 1. The van der Waals surface area contributed by atoms with Gasteiger partial charge in [-0.2, -0.15) is 0 Å². The van der Waals surface area contributed by atoms with E-state index in [4.69, 9.17) is 15.2 Å². The van der Waals surface area contributed by atoms with Crippen LogP contribution >= 0.6 is 0 Å². The molecule has 0 radical (unpaired) electrons. The van der Waals surface area contributed by atoms with Gasteiger partial charge in [0.2, 0.25) is 0 Å². The number of aromatic hydroxyl groups is 1. The summed E-state index contributed by atoms with van der Waals surface area (Å²) in [4.78, 5) is 2.48. The number of phenolic OH excluding ortho intramolecular Hbond substituents is 1. The molecule has 5 heteroatoms. The average molecular weight is 433 g/mol. The number of benzene rings is 3. The molecule has 1 fully saturated rings. The molecule has 1 aliphatic rings. The largest absolute Gasteiger partial charge is 0.508 e. The van der Waals surface area contributed by atoms with Crippen LogP contribution < -0.4 is 15.2 Å². The smallest absolute Gasteiger partial charge is 0.123 e. The Hall–Kier alpha value is -3.02. The van der Waals surface area contributed by atoms with Gasteiger partial charge in [0.25, 0.3) is 0 Å². The van der Waals surface area contributed by atoms with Gasteiger partial charge in [0, 0.05) is 18.7 Å². The van der Waals surface area contributed by atoms with Crippen LogP contribution in [0.5, 0.6) is 17.2 Å². The van der Waals surface area contributed by atoms with E-state index in [1.165, 1.54) is 24.0 Å². The second-order valence-corrected chi connectivity index (χ2v) is 8.31.